The van der Waals surface area contributed by atoms with Crippen LogP contribution in [-0.2, 0) is 15.1 Å². The number of hydrogen-bond donors (Lipinski definition) is 1. The molecule has 4 amide bonds. The fourth-order valence-corrected chi connectivity index (χ4v) is 3.93. The first kappa shape index (κ1) is 19.9. The van der Waals surface area contributed by atoms with Crippen molar-refractivity contribution in [1.29, 1.82) is 0 Å². The zero-order valence-corrected chi connectivity index (χ0v) is 17.0. The van der Waals surface area contributed by atoms with Crippen LogP contribution < -0.4 is 5.32 Å². The van der Waals surface area contributed by atoms with Crippen LogP contribution >= 0.6 is 0 Å². The van der Waals surface area contributed by atoms with E-state index < -0.39 is 17.5 Å². The van der Waals surface area contributed by atoms with Crippen LogP contribution in [0.2, 0.25) is 0 Å². The van der Waals surface area contributed by atoms with E-state index in [1.165, 1.54) is 0 Å². The van der Waals surface area contributed by atoms with Crippen LogP contribution in [0.4, 0.5) is 4.79 Å². The second-order valence-electron chi connectivity index (χ2n) is 8.00. The first-order valence-corrected chi connectivity index (χ1v) is 9.59. The third-order valence-electron chi connectivity index (χ3n) is 5.30. The highest BCUT2D eigenvalue weighted by Gasteiger charge is 2.49. The van der Waals surface area contributed by atoms with E-state index >= 15 is 0 Å². The highest BCUT2D eigenvalue weighted by molar-refractivity contribution is 6.09. The average molecular weight is 381 g/mol. The summed E-state index contributed by atoms with van der Waals surface area (Å²) in [6, 6.07) is 13.0. The van der Waals surface area contributed by atoms with Crippen molar-refractivity contribution in [2.75, 3.05) is 6.54 Å². The van der Waals surface area contributed by atoms with Crippen molar-refractivity contribution < 1.29 is 14.4 Å². The monoisotopic (exact) mass is 381 g/mol. The van der Waals surface area contributed by atoms with Gasteiger partial charge >= 0.3 is 6.03 Å². The Bertz CT molecular complexity index is 930. The minimum atomic E-state index is -1.19. The maximum absolute atomic E-state index is 13.1. The van der Waals surface area contributed by atoms with Crippen molar-refractivity contribution in [3.63, 3.8) is 0 Å². The molecule has 0 saturated carbocycles. The normalized spacial score (nSPS) is 19.6. The molecule has 0 bridgehead atoms. The lowest BCUT2D eigenvalue weighted by atomic mass is 9.90. The van der Waals surface area contributed by atoms with Crippen LogP contribution in [0.25, 0.3) is 10.8 Å². The molecule has 0 spiro atoms. The van der Waals surface area contributed by atoms with Crippen molar-refractivity contribution in [2.24, 2.45) is 0 Å². The van der Waals surface area contributed by atoms with E-state index in [0.29, 0.717) is 5.56 Å². The molecule has 148 valence electrons. The summed E-state index contributed by atoms with van der Waals surface area (Å²) in [6.07, 6.45) is 0. The van der Waals surface area contributed by atoms with Crippen molar-refractivity contribution >= 4 is 28.6 Å². The summed E-state index contributed by atoms with van der Waals surface area (Å²) < 4.78 is 0. The average Bonchev–Trinajstić information content (AvgIpc) is 2.85. The number of carbonyl (C=O) groups is 3. The fourth-order valence-electron chi connectivity index (χ4n) is 3.93. The van der Waals surface area contributed by atoms with Gasteiger partial charge in [-0.2, -0.15) is 0 Å². The van der Waals surface area contributed by atoms with E-state index in [4.69, 9.17) is 0 Å². The summed E-state index contributed by atoms with van der Waals surface area (Å²) >= 11 is 0. The lowest BCUT2D eigenvalue weighted by Gasteiger charge is -2.32. The first-order valence-electron chi connectivity index (χ1n) is 9.59. The van der Waals surface area contributed by atoms with Gasteiger partial charge in [-0.1, -0.05) is 36.4 Å². The van der Waals surface area contributed by atoms with Crippen LogP contribution in [0.15, 0.2) is 42.5 Å². The largest absolute Gasteiger partial charge is 0.336 e. The third kappa shape index (κ3) is 3.35. The molecule has 0 aromatic heterocycles. The van der Waals surface area contributed by atoms with Crippen molar-refractivity contribution in [1.82, 2.24) is 15.1 Å². The quantitative estimate of drug-likeness (QED) is 0.809. The molecule has 28 heavy (non-hydrogen) atoms. The van der Waals surface area contributed by atoms with E-state index in [1.807, 2.05) is 70.2 Å². The third-order valence-corrected chi connectivity index (χ3v) is 5.30. The molecule has 1 heterocycles. The molecule has 2 aromatic rings. The molecule has 1 aliphatic rings. The number of fused-ring (bicyclic) bond motifs is 1. The molecule has 6 nitrogen and oxygen atoms in total. The number of urea groups is 1. The van der Waals surface area contributed by atoms with Gasteiger partial charge in [-0.15, -0.1) is 0 Å². The van der Waals surface area contributed by atoms with Crippen LogP contribution in [0.5, 0.6) is 0 Å². The Morgan fingerprint density at radius 2 is 1.64 bits per heavy atom. The Morgan fingerprint density at radius 3 is 2.25 bits per heavy atom. The second kappa shape index (κ2) is 7.26. The smallest absolute Gasteiger partial charge is 0.325 e. The number of amides is 4. The van der Waals surface area contributed by atoms with Crippen LogP contribution in [0, 0.1) is 0 Å². The SMILES string of the molecule is CC(C)N(C(=O)CN1C(=O)NC(C)(c2ccc3ccccc3c2)C1=O)C(C)C. The van der Waals surface area contributed by atoms with Gasteiger partial charge < -0.3 is 10.2 Å². The molecule has 1 N–H and O–H groups in total. The van der Waals surface area contributed by atoms with Crippen LogP contribution in [0.3, 0.4) is 0 Å². The van der Waals surface area contributed by atoms with Crippen molar-refractivity contribution in [3.05, 3.63) is 48.0 Å². The van der Waals surface area contributed by atoms with Gasteiger partial charge in [0.25, 0.3) is 5.91 Å². The molecule has 0 radical (unpaired) electrons. The number of rotatable bonds is 5. The molecule has 1 atom stereocenters. The number of hydrogen-bond acceptors (Lipinski definition) is 3. The Kier molecular flexibility index (Phi) is 5.15. The molecule has 6 heteroatoms. The van der Waals surface area contributed by atoms with Crippen molar-refractivity contribution in [2.45, 2.75) is 52.2 Å². The Labute approximate surface area is 165 Å². The summed E-state index contributed by atoms with van der Waals surface area (Å²) in [5.74, 6) is -0.648. The van der Waals surface area contributed by atoms with Crippen LogP contribution in [-0.4, -0.2) is 46.3 Å². The Balaban J connectivity index is 1.88. The maximum Gasteiger partial charge on any atom is 0.325 e. The Morgan fingerprint density at radius 1 is 1.04 bits per heavy atom. The molecule has 1 saturated heterocycles. The molecule has 3 rings (SSSR count). The summed E-state index contributed by atoms with van der Waals surface area (Å²) in [4.78, 5) is 41.2. The summed E-state index contributed by atoms with van der Waals surface area (Å²) in [5, 5.41) is 4.83. The van der Waals surface area contributed by atoms with Crippen LogP contribution in [0.1, 0.15) is 40.2 Å². The summed E-state index contributed by atoms with van der Waals surface area (Å²) in [7, 11) is 0. The lowest BCUT2D eigenvalue weighted by molar-refractivity contribution is -0.141. The van der Waals surface area contributed by atoms with Gasteiger partial charge in [-0.05, 0) is 57.0 Å². The minimum Gasteiger partial charge on any atom is -0.336 e. The summed E-state index contributed by atoms with van der Waals surface area (Å²) in [5.41, 5.74) is -0.494. The topological polar surface area (TPSA) is 69.7 Å². The maximum atomic E-state index is 13.1. The molecular weight excluding hydrogens is 354 g/mol. The predicted octanol–water partition coefficient (Wildman–Crippen LogP) is 3.25. The molecule has 1 aliphatic heterocycles. The Hall–Kier alpha value is -2.89. The van der Waals surface area contributed by atoms with Gasteiger partial charge in [0.1, 0.15) is 12.1 Å². The molecule has 1 unspecified atom stereocenters. The molecular formula is C22H27N3O3. The lowest BCUT2D eigenvalue weighted by Crippen LogP contribution is -2.49. The van der Waals surface area contributed by atoms with Gasteiger partial charge in [0.15, 0.2) is 0 Å². The number of nitrogens with zero attached hydrogens (tertiary/aromatic N) is 2. The second-order valence-corrected chi connectivity index (χ2v) is 8.00. The van der Waals surface area contributed by atoms with Crippen molar-refractivity contribution in [3.8, 4) is 0 Å². The van der Waals surface area contributed by atoms with Gasteiger partial charge in [0.05, 0.1) is 0 Å². The van der Waals surface area contributed by atoms with E-state index in [2.05, 4.69) is 5.32 Å². The zero-order chi connectivity index (χ0) is 20.6. The van der Waals surface area contributed by atoms with Gasteiger partial charge in [0.2, 0.25) is 5.91 Å². The van der Waals surface area contributed by atoms with Gasteiger partial charge in [0, 0.05) is 12.1 Å². The molecule has 0 aliphatic carbocycles. The standard InChI is InChI=1S/C22H27N3O3/c1-14(2)25(15(3)4)19(26)13-24-20(27)22(5,23-21(24)28)18-11-10-16-8-6-7-9-17(16)12-18/h6-12,14-15H,13H2,1-5H3,(H,23,28). The zero-order valence-electron chi connectivity index (χ0n) is 17.0. The van der Waals surface area contributed by atoms with Gasteiger partial charge in [-0.25, -0.2) is 4.79 Å². The predicted molar refractivity (Wildman–Crippen MR) is 109 cm³/mol. The fraction of sp³-hybridized carbons (Fsp3) is 0.409. The van der Waals surface area contributed by atoms with E-state index in [0.717, 1.165) is 15.7 Å². The summed E-state index contributed by atoms with van der Waals surface area (Å²) in [6.45, 7) is 9.10. The molecule has 2 aromatic carbocycles. The number of nitrogens with one attached hydrogen (secondary N) is 1. The minimum absolute atomic E-state index is 0.0138. The molecule has 1 fully saturated rings. The first-order chi connectivity index (χ1) is 13.1. The highest BCUT2D eigenvalue weighted by atomic mass is 16.2. The number of benzene rings is 2. The number of imide groups is 1. The highest BCUT2D eigenvalue weighted by Crippen LogP contribution is 2.31. The number of carbonyl (C=O) groups excluding carboxylic acids is 3. The van der Waals surface area contributed by atoms with E-state index in [9.17, 15) is 14.4 Å². The van der Waals surface area contributed by atoms with E-state index in [-0.39, 0.29) is 24.5 Å². The van der Waals surface area contributed by atoms with E-state index in [1.54, 1.807) is 11.8 Å². The van der Waals surface area contributed by atoms with Gasteiger partial charge in [-0.3, -0.25) is 14.5 Å².